The summed E-state index contributed by atoms with van der Waals surface area (Å²) >= 11 is 0. The minimum absolute atomic E-state index is 0.241. The molecular formula is C16H14FN3O. The lowest BCUT2D eigenvalue weighted by atomic mass is 10.2. The fourth-order valence-electron chi connectivity index (χ4n) is 1.93. The molecule has 2 aromatic carbocycles. The van der Waals surface area contributed by atoms with E-state index in [0.717, 1.165) is 17.0 Å². The summed E-state index contributed by atoms with van der Waals surface area (Å²) in [6.07, 6.45) is 1.83. The lowest BCUT2D eigenvalue weighted by Crippen LogP contribution is -2.00. The van der Waals surface area contributed by atoms with Crippen molar-refractivity contribution >= 4 is 0 Å². The van der Waals surface area contributed by atoms with Crippen LogP contribution in [-0.4, -0.2) is 15.0 Å². The molecule has 3 aromatic rings. The van der Waals surface area contributed by atoms with Crippen molar-refractivity contribution in [2.45, 2.75) is 13.2 Å². The number of aromatic nitrogens is 3. The maximum atomic E-state index is 12.8. The van der Waals surface area contributed by atoms with Crippen LogP contribution in [0.1, 0.15) is 11.3 Å². The smallest absolute Gasteiger partial charge is 0.134 e. The minimum Gasteiger partial charge on any atom is -0.487 e. The first kappa shape index (κ1) is 13.3. The van der Waals surface area contributed by atoms with Crippen LogP contribution in [0.3, 0.4) is 0 Å². The number of hydrogen-bond acceptors (Lipinski definition) is 3. The number of nitrogens with zero attached hydrogens (tertiary/aromatic N) is 3. The van der Waals surface area contributed by atoms with Crippen LogP contribution in [0.15, 0.2) is 60.8 Å². The molecule has 0 atom stereocenters. The standard InChI is InChI=1S/C16H14FN3O/c17-14-8-6-13(7-9-14)10-20-11-15(18-19-20)12-21-16-4-2-1-3-5-16/h1-9,11H,10,12H2. The molecule has 0 radical (unpaired) electrons. The summed E-state index contributed by atoms with van der Waals surface area (Å²) in [5.74, 6) is 0.555. The van der Waals surface area contributed by atoms with E-state index in [2.05, 4.69) is 10.3 Å². The number of para-hydroxylation sites is 1. The quantitative estimate of drug-likeness (QED) is 0.722. The van der Waals surface area contributed by atoms with Crippen LogP contribution in [-0.2, 0) is 13.2 Å². The van der Waals surface area contributed by atoms with E-state index in [-0.39, 0.29) is 5.82 Å². The van der Waals surface area contributed by atoms with Crippen LogP contribution >= 0.6 is 0 Å². The van der Waals surface area contributed by atoms with Gasteiger partial charge in [-0.1, -0.05) is 35.5 Å². The Balaban J connectivity index is 1.59. The summed E-state index contributed by atoms with van der Waals surface area (Å²) in [4.78, 5) is 0. The van der Waals surface area contributed by atoms with Gasteiger partial charge in [0, 0.05) is 0 Å². The zero-order chi connectivity index (χ0) is 14.5. The van der Waals surface area contributed by atoms with Gasteiger partial charge >= 0.3 is 0 Å². The molecule has 0 saturated carbocycles. The fourth-order valence-corrected chi connectivity index (χ4v) is 1.93. The monoisotopic (exact) mass is 283 g/mol. The van der Waals surface area contributed by atoms with Crippen molar-refractivity contribution in [2.75, 3.05) is 0 Å². The van der Waals surface area contributed by atoms with Crippen molar-refractivity contribution in [1.82, 2.24) is 15.0 Å². The second kappa shape index (κ2) is 6.17. The van der Waals surface area contributed by atoms with Gasteiger partial charge < -0.3 is 4.74 Å². The zero-order valence-corrected chi connectivity index (χ0v) is 11.3. The number of rotatable bonds is 5. The van der Waals surface area contributed by atoms with E-state index < -0.39 is 0 Å². The largest absolute Gasteiger partial charge is 0.487 e. The highest BCUT2D eigenvalue weighted by atomic mass is 19.1. The molecule has 0 N–H and O–H groups in total. The molecule has 0 fully saturated rings. The predicted molar refractivity (Wildman–Crippen MR) is 76.3 cm³/mol. The molecule has 0 aliphatic carbocycles. The van der Waals surface area contributed by atoms with Gasteiger partial charge in [0.1, 0.15) is 23.9 Å². The SMILES string of the molecule is Fc1ccc(Cn2cc(COc3ccccc3)nn2)cc1. The van der Waals surface area contributed by atoms with Crippen LogP contribution in [0.2, 0.25) is 0 Å². The molecular weight excluding hydrogens is 269 g/mol. The molecule has 0 unspecified atom stereocenters. The molecule has 1 aromatic heterocycles. The Morgan fingerprint density at radius 3 is 2.52 bits per heavy atom. The molecule has 5 heteroatoms. The lowest BCUT2D eigenvalue weighted by Gasteiger charge is -2.02. The van der Waals surface area contributed by atoms with Crippen molar-refractivity contribution in [3.05, 3.63) is 77.9 Å². The molecule has 0 spiro atoms. The normalized spacial score (nSPS) is 10.5. The highest BCUT2D eigenvalue weighted by Gasteiger charge is 2.03. The average Bonchev–Trinajstić information content (AvgIpc) is 2.96. The van der Waals surface area contributed by atoms with Gasteiger partial charge in [-0.2, -0.15) is 0 Å². The van der Waals surface area contributed by atoms with Crippen LogP contribution in [0.4, 0.5) is 4.39 Å². The van der Waals surface area contributed by atoms with Crippen molar-refractivity contribution in [3.8, 4) is 5.75 Å². The van der Waals surface area contributed by atoms with Crippen LogP contribution < -0.4 is 4.74 Å². The molecule has 0 bridgehead atoms. The first-order chi connectivity index (χ1) is 10.3. The third-order valence-corrected chi connectivity index (χ3v) is 2.97. The Morgan fingerprint density at radius 1 is 1.00 bits per heavy atom. The predicted octanol–water partition coefficient (Wildman–Crippen LogP) is 3.04. The van der Waals surface area contributed by atoms with E-state index in [1.54, 1.807) is 16.8 Å². The van der Waals surface area contributed by atoms with E-state index >= 15 is 0 Å². The summed E-state index contributed by atoms with van der Waals surface area (Å²) < 4.78 is 20.2. The van der Waals surface area contributed by atoms with Gasteiger partial charge in [-0.25, -0.2) is 9.07 Å². The maximum Gasteiger partial charge on any atom is 0.134 e. The van der Waals surface area contributed by atoms with Crippen LogP contribution in [0, 0.1) is 5.82 Å². The van der Waals surface area contributed by atoms with E-state index in [1.807, 2.05) is 36.5 Å². The Labute approximate surface area is 121 Å². The molecule has 0 amide bonds. The van der Waals surface area contributed by atoms with Gasteiger partial charge in [0.25, 0.3) is 0 Å². The zero-order valence-electron chi connectivity index (χ0n) is 11.3. The summed E-state index contributed by atoms with van der Waals surface area (Å²) in [6, 6.07) is 15.9. The van der Waals surface area contributed by atoms with Crippen molar-refractivity contribution < 1.29 is 9.13 Å². The minimum atomic E-state index is -0.241. The average molecular weight is 283 g/mol. The summed E-state index contributed by atoms with van der Waals surface area (Å²) in [5, 5.41) is 8.10. The second-order valence-electron chi connectivity index (χ2n) is 4.64. The van der Waals surface area contributed by atoms with Crippen molar-refractivity contribution in [3.63, 3.8) is 0 Å². The topological polar surface area (TPSA) is 39.9 Å². The van der Waals surface area contributed by atoms with E-state index in [9.17, 15) is 4.39 Å². The summed E-state index contributed by atoms with van der Waals surface area (Å²) in [6.45, 7) is 0.923. The molecule has 0 aliphatic heterocycles. The van der Waals surface area contributed by atoms with Gasteiger partial charge in [0.05, 0.1) is 12.7 Å². The summed E-state index contributed by atoms with van der Waals surface area (Å²) in [5.41, 5.74) is 1.72. The van der Waals surface area contributed by atoms with E-state index in [0.29, 0.717) is 13.2 Å². The third-order valence-electron chi connectivity index (χ3n) is 2.97. The van der Waals surface area contributed by atoms with Gasteiger partial charge in [0.15, 0.2) is 0 Å². The number of halogens is 1. The van der Waals surface area contributed by atoms with Gasteiger partial charge in [-0.3, -0.25) is 0 Å². The van der Waals surface area contributed by atoms with Crippen LogP contribution in [0.25, 0.3) is 0 Å². The van der Waals surface area contributed by atoms with Gasteiger partial charge in [-0.05, 0) is 29.8 Å². The second-order valence-corrected chi connectivity index (χ2v) is 4.64. The molecule has 106 valence electrons. The maximum absolute atomic E-state index is 12.8. The van der Waals surface area contributed by atoms with Gasteiger partial charge in [-0.15, -0.1) is 5.10 Å². The van der Waals surface area contributed by atoms with Gasteiger partial charge in [0.2, 0.25) is 0 Å². The number of benzene rings is 2. The number of ether oxygens (including phenoxy) is 1. The molecule has 4 nitrogen and oxygen atoms in total. The Bertz CT molecular complexity index is 695. The van der Waals surface area contributed by atoms with Crippen LogP contribution in [0.5, 0.6) is 5.75 Å². The van der Waals surface area contributed by atoms with E-state index in [1.165, 1.54) is 12.1 Å². The van der Waals surface area contributed by atoms with E-state index in [4.69, 9.17) is 4.74 Å². The first-order valence-electron chi connectivity index (χ1n) is 6.61. The fraction of sp³-hybridized carbons (Fsp3) is 0.125. The lowest BCUT2D eigenvalue weighted by molar-refractivity contribution is 0.301. The summed E-state index contributed by atoms with van der Waals surface area (Å²) in [7, 11) is 0. The number of hydrogen-bond donors (Lipinski definition) is 0. The highest BCUT2D eigenvalue weighted by Crippen LogP contribution is 2.11. The molecule has 1 heterocycles. The Kier molecular flexibility index (Phi) is 3.91. The molecule has 0 aliphatic rings. The Hall–Kier alpha value is -2.69. The third kappa shape index (κ3) is 3.66. The molecule has 3 rings (SSSR count). The Morgan fingerprint density at radius 2 is 1.76 bits per heavy atom. The molecule has 0 saturated heterocycles. The van der Waals surface area contributed by atoms with Crippen molar-refractivity contribution in [1.29, 1.82) is 0 Å². The van der Waals surface area contributed by atoms with Crippen molar-refractivity contribution in [2.24, 2.45) is 0 Å². The first-order valence-corrected chi connectivity index (χ1v) is 6.61. The highest BCUT2D eigenvalue weighted by molar-refractivity contribution is 5.21. The molecule has 21 heavy (non-hydrogen) atoms.